The molecule has 1 aromatic rings. The van der Waals surface area contributed by atoms with Gasteiger partial charge in [0.15, 0.2) is 5.12 Å². The van der Waals surface area contributed by atoms with Gasteiger partial charge in [0.2, 0.25) is 5.91 Å². The molecule has 30 heavy (non-hydrogen) atoms. The fourth-order valence-electron chi connectivity index (χ4n) is 3.55. The topological polar surface area (TPSA) is 37.4 Å². The predicted octanol–water partition coefficient (Wildman–Crippen LogP) is 8.01. The zero-order valence-electron chi connectivity index (χ0n) is 18.9. The first kappa shape index (κ1) is 25.5. The van der Waals surface area contributed by atoms with Crippen LogP contribution < -0.4 is 4.90 Å². The SMILES string of the molecule is CC(C)CCN(C(=O)C1CCCCCC1)c1cc(Cl)c(Cl)cc1SC(=O)C(C)(C)C. The van der Waals surface area contributed by atoms with Crippen molar-refractivity contribution in [3.05, 3.63) is 22.2 Å². The van der Waals surface area contributed by atoms with Crippen LogP contribution in [0.25, 0.3) is 0 Å². The zero-order chi connectivity index (χ0) is 22.5. The fraction of sp³-hybridized carbons (Fsp3) is 0.667. The molecule has 0 radical (unpaired) electrons. The molecule has 0 bridgehead atoms. The lowest BCUT2D eigenvalue weighted by molar-refractivity contribution is -0.123. The minimum atomic E-state index is -0.498. The largest absolute Gasteiger partial charge is 0.311 e. The van der Waals surface area contributed by atoms with E-state index in [1.807, 2.05) is 25.7 Å². The van der Waals surface area contributed by atoms with Crippen LogP contribution in [0.15, 0.2) is 17.0 Å². The summed E-state index contributed by atoms with van der Waals surface area (Å²) in [5, 5.41) is 0.839. The molecule has 0 aliphatic heterocycles. The molecule has 0 N–H and O–H groups in total. The number of benzene rings is 1. The molecule has 1 fully saturated rings. The monoisotopic (exact) mass is 471 g/mol. The molecule has 1 saturated carbocycles. The molecule has 1 aliphatic carbocycles. The fourth-order valence-corrected chi connectivity index (χ4v) is 4.89. The summed E-state index contributed by atoms with van der Waals surface area (Å²) in [6.45, 7) is 10.6. The van der Waals surface area contributed by atoms with Gasteiger partial charge in [-0.25, -0.2) is 0 Å². The number of nitrogens with zero attached hydrogens (tertiary/aromatic N) is 1. The smallest absolute Gasteiger partial charge is 0.230 e. The van der Waals surface area contributed by atoms with Gasteiger partial charge in [-0.2, -0.15) is 0 Å². The van der Waals surface area contributed by atoms with E-state index in [0.29, 0.717) is 33.1 Å². The normalized spacial score (nSPS) is 15.9. The number of rotatable bonds is 6. The standard InChI is InChI=1S/C24H35Cl2NO2S/c1-16(2)12-13-27(22(28)17-10-8-6-7-9-11-17)20-14-18(25)19(26)15-21(20)30-23(29)24(3,4)5/h14-17H,6-13H2,1-5H3. The Balaban J connectivity index is 2.45. The number of amides is 1. The summed E-state index contributed by atoms with van der Waals surface area (Å²) in [4.78, 5) is 29.0. The third-order valence-corrected chi connectivity index (χ3v) is 7.58. The van der Waals surface area contributed by atoms with E-state index in [2.05, 4.69) is 13.8 Å². The van der Waals surface area contributed by atoms with Crippen LogP contribution in [0.2, 0.25) is 10.0 Å². The molecule has 0 saturated heterocycles. The summed E-state index contributed by atoms with van der Waals surface area (Å²) >= 11 is 13.8. The zero-order valence-corrected chi connectivity index (χ0v) is 21.2. The summed E-state index contributed by atoms with van der Waals surface area (Å²) in [5.74, 6) is 0.649. The van der Waals surface area contributed by atoms with Crippen LogP contribution >= 0.6 is 35.0 Å². The minimum Gasteiger partial charge on any atom is -0.311 e. The Hall–Kier alpha value is -0.710. The summed E-state index contributed by atoms with van der Waals surface area (Å²) in [7, 11) is 0. The number of halogens is 2. The van der Waals surface area contributed by atoms with Crippen LogP contribution in [0, 0.1) is 17.3 Å². The molecule has 168 valence electrons. The van der Waals surface area contributed by atoms with Crippen LogP contribution in [-0.2, 0) is 9.59 Å². The Morgan fingerprint density at radius 2 is 1.63 bits per heavy atom. The Labute approximate surface area is 196 Å². The number of anilines is 1. The lowest BCUT2D eigenvalue weighted by Gasteiger charge is -2.30. The quantitative estimate of drug-likeness (QED) is 0.311. The van der Waals surface area contributed by atoms with Gasteiger partial charge in [-0.15, -0.1) is 0 Å². The molecule has 1 amide bonds. The van der Waals surface area contributed by atoms with E-state index >= 15 is 0 Å². The third kappa shape index (κ3) is 7.17. The number of carbonyl (C=O) groups excluding carboxylic acids is 2. The number of hydrogen-bond donors (Lipinski definition) is 0. The Bertz CT molecular complexity index is 750. The van der Waals surface area contributed by atoms with Crippen molar-refractivity contribution < 1.29 is 9.59 Å². The van der Waals surface area contributed by atoms with Crippen LogP contribution in [-0.4, -0.2) is 17.6 Å². The van der Waals surface area contributed by atoms with Gasteiger partial charge in [-0.1, -0.05) is 83.5 Å². The summed E-state index contributed by atoms with van der Waals surface area (Å²) in [6, 6.07) is 3.49. The van der Waals surface area contributed by atoms with Gasteiger partial charge < -0.3 is 4.90 Å². The molecule has 1 aliphatic rings. The summed E-state index contributed by atoms with van der Waals surface area (Å²) < 4.78 is 0. The highest BCUT2D eigenvalue weighted by Crippen LogP contribution is 2.41. The Morgan fingerprint density at radius 3 is 2.17 bits per heavy atom. The van der Waals surface area contributed by atoms with Crippen molar-refractivity contribution in [2.24, 2.45) is 17.3 Å². The average Bonchev–Trinajstić information content (AvgIpc) is 2.93. The first-order valence-electron chi connectivity index (χ1n) is 11.0. The highest BCUT2D eigenvalue weighted by atomic mass is 35.5. The molecule has 6 heteroatoms. The minimum absolute atomic E-state index is 0.0327. The molecule has 0 aromatic heterocycles. The van der Waals surface area contributed by atoms with E-state index in [4.69, 9.17) is 23.2 Å². The Kier molecular flexibility index (Phi) is 9.57. The lowest BCUT2D eigenvalue weighted by Crippen LogP contribution is -2.38. The molecule has 2 rings (SSSR count). The van der Waals surface area contributed by atoms with E-state index in [1.165, 1.54) is 12.8 Å². The first-order valence-corrected chi connectivity index (χ1v) is 12.6. The number of thioether (sulfide) groups is 1. The lowest BCUT2D eigenvalue weighted by atomic mass is 9.97. The molecule has 3 nitrogen and oxygen atoms in total. The van der Waals surface area contributed by atoms with Crippen molar-refractivity contribution in [3.63, 3.8) is 0 Å². The van der Waals surface area contributed by atoms with Crippen LogP contribution in [0.5, 0.6) is 0 Å². The predicted molar refractivity (Wildman–Crippen MR) is 130 cm³/mol. The second kappa shape index (κ2) is 11.2. The highest BCUT2D eigenvalue weighted by Gasteiger charge is 2.30. The molecule has 1 aromatic carbocycles. The molecule has 0 unspecified atom stereocenters. The molecule has 0 atom stereocenters. The maximum Gasteiger partial charge on any atom is 0.230 e. The van der Waals surface area contributed by atoms with E-state index in [-0.39, 0.29) is 16.9 Å². The summed E-state index contributed by atoms with van der Waals surface area (Å²) in [5.41, 5.74) is 0.212. The third-order valence-electron chi connectivity index (χ3n) is 5.51. The Morgan fingerprint density at radius 1 is 1.07 bits per heavy atom. The van der Waals surface area contributed by atoms with E-state index in [9.17, 15) is 9.59 Å². The van der Waals surface area contributed by atoms with E-state index in [0.717, 1.165) is 43.9 Å². The van der Waals surface area contributed by atoms with E-state index in [1.54, 1.807) is 12.1 Å². The number of hydrogen-bond acceptors (Lipinski definition) is 3. The van der Waals surface area contributed by atoms with Gasteiger partial charge in [-0.3, -0.25) is 9.59 Å². The van der Waals surface area contributed by atoms with E-state index < -0.39 is 5.41 Å². The molecule has 0 spiro atoms. The van der Waals surface area contributed by atoms with Crippen molar-refractivity contribution in [1.29, 1.82) is 0 Å². The maximum absolute atomic E-state index is 13.7. The second-order valence-electron chi connectivity index (χ2n) is 9.73. The van der Waals surface area contributed by atoms with Crippen molar-refractivity contribution in [3.8, 4) is 0 Å². The van der Waals surface area contributed by atoms with Crippen molar-refractivity contribution >= 4 is 51.7 Å². The van der Waals surface area contributed by atoms with Gasteiger partial charge in [0.05, 0.1) is 15.7 Å². The van der Waals surface area contributed by atoms with Gasteiger partial charge >= 0.3 is 0 Å². The van der Waals surface area contributed by atoms with Crippen LogP contribution in [0.1, 0.15) is 79.6 Å². The maximum atomic E-state index is 13.7. The molecular formula is C24H35Cl2NO2S. The van der Waals surface area contributed by atoms with Crippen molar-refractivity contribution in [1.82, 2.24) is 0 Å². The van der Waals surface area contributed by atoms with Gasteiger partial charge in [0.25, 0.3) is 0 Å². The highest BCUT2D eigenvalue weighted by molar-refractivity contribution is 8.13. The van der Waals surface area contributed by atoms with Gasteiger partial charge in [0.1, 0.15) is 0 Å². The van der Waals surface area contributed by atoms with Crippen molar-refractivity contribution in [2.45, 2.75) is 84.5 Å². The van der Waals surface area contributed by atoms with Gasteiger partial charge in [-0.05, 0) is 49.1 Å². The van der Waals surface area contributed by atoms with Crippen LogP contribution in [0.3, 0.4) is 0 Å². The summed E-state index contributed by atoms with van der Waals surface area (Å²) in [6.07, 6.45) is 7.34. The number of carbonyl (C=O) groups is 2. The van der Waals surface area contributed by atoms with Crippen LogP contribution in [0.4, 0.5) is 5.69 Å². The molecular weight excluding hydrogens is 437 g/mol. The van der Waals surface area contributed by atoms with Crippen molar-refractivity contribution in [2.75, 3.05) is 11.4 Å². The molecule has 0 heterocycles. The second-order valence-corrected chi connectivity index (χ2v) is 11.6. The van der Waals surface area contributed by atoms with Gasteiger partial charge in [0, 0.05) is 22.8 Å². The average molecular weight is 473 g/mol. The first-order chi connectivity index (χ1) is 14.0.